The summed E-state index contributed by atoms with van der Waals surface area (Å²) in [6.07, 6.45) is 0. The van der Waals surface area contributed by atoms with Gasteiger partial charge in [-0.3, -0.25) is 0 Å². The zero-order valence-corrected chi connectivity index (χ0v) is 11.0. The first-order chi connectivity index (χ1) is 9.04. The van der Waals surface area contributed by atoms with Crippen LogP contribution in [0.4, 0.5) is 14.7 Å². The molecular weight excluding hydrogens is 268 g/mol. The fourth-order valence-corrected chi connectivity index (χ4v) is 2.94. The first-order valence-electron chi connectivity index (χ1n) is 5.70. The van der Waals surface area contributed by atoms with Gasteiger partial charge in [-0.15, -0.1) is 11.3 Å². The van der Waals surface area contributed by atoms with E-state index in [1.807, 2.05) is 19.1 Å². The van der Waals surface area contributed by atoms with Crippen molar-refractivity contribution in [3.05, 3.63) is 45.7 Å². The van der Waals surface area contributed by atoms with Crippen LogP contribution in [0.1, 0.15) is 9.75 Å². The molecule has 0 atom stereocenters. The lowest BCUT2D eigenvalue weighted by Crippen LogP contribution is -2.03. The molecule has 2 aromatic heterocycles. The predicted molar refractivity (Wildman–Crippen MR) is 72.2 cm³/mol. The number of aryl methyl sites for hydroxylation is 1. The fourth-order valence-electron chi connectivity index (χ4n) is 2.06. The second kappa shape index (κ2) is 4.31. The van der Waals surface area contributed by atoms with Crippen molar-refractivity contribution in [1.82, 2.24) is 9.55 Å². The van der Waals surface area contributed by atoms with E-state index in [1.54, 1.807) is 15.9 Å². The molecular formula is C13H11F2N3S. The fraction of sp³-hybridized carbons (Fsp3) is 0.154. The zero-order chi connectivity index (χ0) is 13.6. The van der Waals surface area contributed by atoms with Gasteiger partial charge in [-0.25, -0.2) is 13.8 Å². The molecule has 0 saturated carbocycles. The summed E-state index contributed by atoms with van der Waals surface area (Å²) in [7, 11) is 0. The van der Waals surface area contributed by atoms with Crippen molar-refractivity contribution in [2.24, 2.45) is 0 Å². The number of halogens is 2. The van der Waals surface area contributed by atoms with Crippen molar-refractivity contribution < 1.29 is 8.78 Å². The van der Waals surface area contributed by atoms with Gasteiger partial charge in [-0.1, -0.05) is 0 Å². The quantitative estimate of drug-likeness (QED) is 0.782. The number of nitrogen functional groups attached to an aromatic ring is 1. The lowest BCUT2D eigenvalue weighted by atomic mass is 10.3. The third-order valence-electron chi connectivity index (χ3n) is 2.91. The van der Waals surface area contributed by atoms with Crippen LogP contribution in [0.15, 0.2) is 24.3 Å². The van der Waals surface area contributed by atoms with Gasteiger partial charge in [0.1, 0.15) is 11.3 Å². The number of rotatable bonds is 2. The van der Waals surface area contributed by atoms with Crippen LogP contribution in [0.25, 0.3) is 11.0 Å². The summed E-state index contributed by atoms with van der Waals surface area (Å²) in [6.45, 7) is 2.46. The standard InChI is InChI=1S/C13H11F2N3S/c1-7-2-3-9(19-7)6-18-11-5-8(14)4-10(15)12(11)17-13(18)16/h2-5H,6H2,1H3,(H2,16,17). The highest BCUT2D eigenvalue weighted by atomic mass is 32.1. The minimum Gasteiger partial charge on any atom is -0.369 e. The minimum absolute atomic E-state index is 0.104. The molecule has 3 nitrogen and oxygen atoms in total. The maximum Gasteiger partial charge on any atom is 0.201 e. The van der Waals surface area contributed by atoms with Gasteiger partial charge < -0.3 is 10.3 Å². The van der Waals surface area contributed by atoms with Crippen molar-refractivity contribution in [3.63, 3.8) is 0 Å². The van der Waals surface area contributed by atoms with Gasteiger partial charge in [-0.05, 0) is 19.1 Å². The first-order valence-corrected chi connectivity index (χ1v) is 6.52. The smallest absolute Gasteiger partial charge is 0.201 e. The maximum atomic E-state index is 13.6. The Hall–Kier alpha value is -1.95. The van der Waals surface area contributed by atoms with Crippen LogP contribution < -0.4 is 5.73 Å². The van der Waals surface area contributed by atoms with Crippen LogP contribution in [-0.4, -0.2) is 9.55 Å². The average molecular weight is 279 g/mol. The number of aromatic nitrogens is 2. The first kappa shape index (κ1) is 12.1. The number of hydrogen-bond donors (Lipinski definition) is 1. The number of nitrogens with zero attached hydrogens (tertiary/aromatic N) is 2. The summed E-state index contributed by atoms with van der Waals surface area (Å²) in [5, 5.41) is 0. The molecule has 3 aromatic rings. The van der Waals surface area contributed by atoms with Crippen molar-refractivity contribution in [1.29, 1.82) is 0 Å². The highest BCUT2D eigenvalue weighted by Crippen LogP contribution is 2.25. The van der Waals surface area contributed by atoms with E-state index in [0.717, 1.165) is 10.9 Å². The zero-order valence-electron chi connectivity index (χ0n) is 10.2. The molecule has 0 aliphatic heterocycles. The highest BCUT2D eigenvalue weighted by molar-refractivity contribution is 7.11. The number of nitrogens with two attached hydrogens (primary N) is 1. The predicted octanol–water partition coefficient (Wildman–Crippen LogP) is 3.31. The molecule has 2 heterocycles. The lowest BCUT2D eigenvalue weighted by Gasteiger charge is -2.04. The van der Waals surface area contributed by atoms with E-state index >= 15 is 0 Å². The molecule has 0 bridgehead atoms. The summed E-state index contributed by atoms with van der Waals surface area (Å²) in [5.41, 5.74) is 6.27. The molecule has 98 valence electrons. The Kier molecular flexibility index (Phi) is 2.74. The molecule has 0 unspecified atom stereocenters. The van der Waals surface area contributed by atoms with E-state index in [0.29, 0.717) is 12.1 Å². The van der Waals surface area contributed by atoms with Gasteiger partial charge in [0.15, 0.2) is 5.82 Å². The van der Waals surface area contributed by atoms with Gasteiger partial charge >= 0.3 is 0 Å². The van der Waals surface area contributed by atoms with E-state index in [-0.39, 0.29) is 11.5 Å². The largest absolute Gasteiger partial charge is 0.369 e. The van der Waals surface area contributed by atoms with Crippen LogP contribution >= 0.6 is 11.3 Å². The lowest BCUT2D eigenvalue weighted by molar-refractivity contribution is 0.590. The third-order valence-corrected chi connectivity index (χ3v) is 3.90. The molecule has 1 aromatic carbocycles. The van der Waals surface area contributed by atoms with Crippen LogP contribution in [-0.2, 0) is 6.54 Å². The second-order valence-corrected chi connectivity index (χ2v) is 5.70. The van der Waals surface area contributed by atoms with Crippen molar-refractivity contribution >= 4 is 28.3 Å². The van der Waals surface area contributed by atoms with E-state index in [1.165, 1.54) is 10.9 Å². The molecule has 0 fully saturated rings. The molecule has 0 aliphatic rings. The Morgan fingerprint density at radius 1 is 1.32 bits per heavy atom. The number of hydrogen-bond acceptors (Lipinski definition) is 3. The summed E-state index contributed by atoms with van der Waals surface area (Å²) in [5.74, 6) is -1.14. The van der Waals surface area contributed by atoms with Gasteiger partial charge in [0.25, 0.3) is 0 Å². The van der Waals surface area contributed by atoms with Crippen LogP contribution in [0.5, 0.6) is 0 Å². The number of benzene rings is 1. The normalized spacial score (nSPS) is 11.3. The molecule has 0 spiro atoms. The van der Waals surface area contributed by atoms with Crippen LogP contribution in [0.3, 0.4) is 0 Å². The van der Waals surface area contributed by atoms with E-state index < -0.39 is 11.6 Å². The average Bonchev–Trinajstić information content (AvgIpc) is 2.87. The molecule has 0 aliphatic carbocycles. The molecule has 0 saturated heterocycles. The van der Waals surface area contributed by atoms with E-state index in [2.05, 4.69) is 4.98 Å². The number of thiophene rings is 1. The molecule has 2 N–H and O–H groups in total. The Balaban J connectivity index is 2.15. The second-order valence-electron chi connectivity index (χ2n) is 4.32. The molecule has 3 rings (SSSR count). The number of fused-ring (bicyclic) bond motifs is 1. The molecule has 6 heteroatoms. The summed E-state index contributed by atoms with van der Waals surface area (Å²) in [6, 6.07) is 6.04. The Morgan fingerprint density at radius 3 is 2.79 bits per heavy atom. The molecule has 19 heavy (non-hydrogen) atoms. The van der Waals surface area contributed by atoms with Crippen molar-refractivity contribution in [2.75, 3.05) is 5.73 Å². The topological polar surface area (TPSA) is 43.8 Å². The van der Waals surface area contributed by atoms with E-state index in [9.17, 15) is 8.78 Å². The number of anilines is 1. The minimum atomic E-state index is -0.692. The molecule has 0 radical (unpaired) electrons. The Morgan fingerprint density at radius 2 is 2.11 bits per heavy atom. The molecule has 0 amide bonds. The maximum absolute atomic E-state index is 13.6. The third kappa shape index (κ3) is 2.08. The van der Waals surface area contributed by atoms with Crippen molar-refractivity contribution in [2.45, 2.75) is 13.5 Å². The summed E-state index contributed by atoms with van der Waals surface area (Å²) < 4.78 is 28.5. The SMILES string of the molecule is Cc1ccc(Cn2c(N)nc3c(F)cc(F)cc32)s1. The van der Waals surface area contributed by atoms with E-state index in [4.69, 9.17) is 5.73 Å². The van der Waals surface area contributed by atoms with Crippen molar-refractivity contribution in [3.8, 4) is 0 Å². The van der Waals surface area contributed by atoms with Gasteiger partial charge in [0.05, 0.1) is 12.1 Å². The monoisotopic (exact) mass is 279 g/mol. The highest BCUT2D eigenvalue weighted by Gasteiger charge is 2.14. The Bertz CT molecular complexity index is 761. The summed E-state index contributed by atoms with van der Waals surface area (Å²) in [4.78, 5) is 6.20. The Labute approximate surface area is 112 Å². The summed E-state index contributed by atoms with van der Waals surface area (Å²) >= 11 is 1.62. The van der Waals surface area contributed by atoms with Crippen LogP contribution in [0, 0.1) is 18.6 Å². The van der Waals surface area contributed by atoms with Crippen LogP contribution in [0.2, 0.25) is 0 Å². The van der Waals surface area contributed by atoms with Gasteiger partial charge in [0, 0.05) is 21.9 Å². The van der Waals surface area contributed by atoms with Gasteiger partial charge in [-0.2, -0.15) is 0 Å². The van der Waals surface area contributed by atoms with Gasteiger partial charge in [0.2, 0.25) is 5.95 Å². The number of imidazole rings is 1.